The van der Waals surface area contributed by atoms with E-state index in [9.17, 15) is 9.18 Å². The van der Waals surface area contributed by atoms with Gasteiger partial charge in [0, 0.05) is 37.2 Å². The molecule has 1 aliphatic rings. The number of terminal acetylenes is 1. The van der Waals surface area contributed by atoms with Gasteiger partial charge in [-0.1, -0.05) is 66.6 Å². The molecule has 1 fully saturated rings. The number of hydrogen-bond donors (Lipinski definition) is 1. The Bertz CT molecular complexity index is 1120. The summed E-state index contributed by atoms with van der Waals surface area (Å²) in [6.07, 6.45) is 5.32. The molecule has 0 bridgehead atoms. The minimum Gasteiger partial charge on any atom is -0.367 e. The Labute approximate surface area is 194 Å². The van der Waals surface area contributed by atoms with Crippen LogP contribution in [0.25, 0.3) is 11.1 Å². The van der Waals surface area contributed by atoms with Gasteiger partial charge in [-0.3, -0.25) is 4.79 Å². The summed E-state index contributed by atoms with van der Waals surface area (Å²) in [5.41, 5.74) is 3.84. The lowest BCUT2D eigenvalue weighted by molar-refractivity contribution is 0.0564. The number of carbonyl (C=O) groups excluding carboxylic acids is 1. The first-order valence-electron chi connectivity index (χ1n) is 11.0. The summed E-state index contributed by atoms with van der Waals surface area (Å²) < 4.78 is 19.2. The van der Waals surface area contributed by atoms with Crippen molar-refractivity contribution in [2.24, 2.45) is 0 Å². The summed E-state index contributed by atoms with van der Waals surface area (Å²) in [6, 6.07) is 24.7. The minimum absolute atomic E-state index is 0.0505. The minimum atomic E-state index is -0.418. The van der Waals surface area contributed by atoms with Gasteiger partial charge >= 0.3 is 0 Å². The van der Waals surface area contributed by atoms with Crippen LogP contribution in [0, 0.1) is 18.2 Å². The van der Waals surface area contributed by atoms with Crippen LogP contribution in [0.5, 0.6) is 0 Å². The van der Waals surface area contributed by atoms with Crippen molar-refractivity contribution in [2.45, 2.75) is 18.0 Å². The number of rotatable bonds is 8. The first-order chi connectivity index (χ1) is 16.1. The molecule has 0 aliphatic carbocycles. The molecule has 3 aromatic rings. The van der Waals surface area contributed by atoms with Gasteiger partial charge < -0.3 is 15.0 Å². The molecule has 4 rings (SSSR count). The average molecular weight is 443 g/mol. The maximum Gasteiger partial charge on any atom is 0.253 e. The van der Waals surface area contributed by atoms with Crippen molar-refractivity contribution in [3.05, 3.63) is 95.8 Å². The van der Waals surface area contributed by atoms with Crippen LogP contribution < -0.4 is 5.32 Å². The summed E-state index contributed by atoms with van der Waals surface area (Å²) in [5, 5.41) is 3.52. The molecule has 1 N–H and O–H groups in total. The van der Waals surface area contributed by atoms with Crippen molar-refractivity contribution in [1.29, 1.82) is 0 Å². The topological polar surface area (TPSA) is 41.6 Å². The first kappa shape index (κ1) is 22.7. The number of amides is 1. The Hall–Kier alpha value is -3.46. The third-order valence-electron chi connectivity index (χ3n) is 6.07. The highest BCUT2D eigenvalue weighted by Crippen LogP contribution is 2.34. The van der Waals surface area contributed by atoms with E-state index in [4.69, 9.17) is 11.2 Å². The van der Waals surface area contributed by atoms with Gasteiger partial charge in [0.15, 0.2) is 0 Å². The fourth-order valence-corrected chi connectivity index (χ4v) is 4.42. The van der Waals surface area contributed by atoms with Crippen LogP contribution in [0.4, 0.5) is 4.39 Å². The SMILES string of the molecule is C#CCOC[C@@H]1N[C@H](CN(C)C(=O)c2cccc(F)c2)[C@H]1c1ccc(-c2ccccc2)cc1. The summed E-state index contributed by atoms with van der Waals surface area (Å²) in [7, 11) is 1.74. The van der Waals surface area contributed by atoms with Crippen LogP contribution in [0.2, 0.25) is 0 Å². The monoisotopic (exact) mass is 442 g/mol. The standard InChI is InChI=1S/C28H27FN2O2/c1-3-16-33-19-26-27(22-14-12-21(13-15-22)20-8-5-4-6-9-20)25(30-26)18-31(2)28(32)23-10-7-11-24(29)17-23/h1,4-15,17,25-27,30H,16,18-19H2,2H3/t25-,26+,27-/m1/s1. The summed E-state index contributed by atoms with van der Waals surface area (Å²) >= 11 is 0. The third-order valence-corrected chi connectivity index (χ3v) is 6.07. The van der Waals surface area contributed by atoms with Crippen molar-refractivity contribution in [3.8, 4) is 23.5 Å². The molecule has 4 nitrogen and oxygen atoms in total. The van der Waals surface area contributed by atoms with Gasteiger partial charge in [0.25, 0.3) is 5.91 Å². The first-order valence-corrected chi connectivity index (χ1v) is 11.0. The fourth-order valence-electron chi connectivity index (χ4n) is 4.42. The molecule has 3 aromatic carbocycles. The average Bonchev–Trinajstić information content (AvgIpc) is 2.83. The highest BCUT2D eigenvalue weighted by molar-refractivity contribution is 5.94. The van der Waals surface area contributed by atoms with Gasteiger partial charge in [-0.05, 0) is 34.9 Å². The molecule has 33 heavy (non-hydrogen) atoms. The molecule has 1 heterocycles. The van der Waals surface area contributed by atoms with E-state index in [1.165, 1.54) is 23.3 Å². The number of hydrogen-bond acceptors (Lipinski definition) is 3. The lowest BCUT2D eigenvalue weighted by Gasteiger charge is -2.47. The van der Waals surface area contributed by atoms with E-state index < -0.39 is 5.82 Å². The van der Waals surface area contributed by atoms with Gasteiger partial charge in [-0.25, -0.2) is 4.39 Å². The van der Waals surface area contributed by atoms with Crippen molar-refractivity contribution in [2.75, 3.05) is 26.8 Å². The zero-order valence-electron chi connectivity index (χ0n) is 18.6. The second kappa shape index (κ2) is 10.4. The Morgan fingerprint density at radius 1 is 1.03 bits per heavy atom. The molecule has 5 heteroatoms. The van der Waals surface area contributed by atoms with E-state index in [0.29, 0.717) is 18.7 Å². The van der Waals surface area contributed by atoms with Crippen LogP contribution in [-0.2, 0) is 4.74 Å². The Morgan fingerprint density at radius 2 is 1.76 bits per heavy atom. The summed E-state index contributed by atoms with van der Waals surface area (Å²) in [5.74, 6) is 2.04. The quantitative estimate of drug-likeness (QED) is 0.417. The van der Waals surface area contributed by atoms with Crippen molar-refractivity contribution >= 4 is 5.91 Å². The van der Waals surface area contributed by atoms with Crippen LogP contribution >= 0.6 is 0 Å². The maximum absolute atomic E-state index is 13.6. The molecule has 0 aromatic heterocycles. The molecule has 168 valence electrons. The van der Waals surface area contributed by atoms with Crippen LogP contribution in [0.15, 0.2) is 78.9 Å². The van der Waals surface area contributed by atoms with Crippen molar-refractivity contribution in [3.63, 3.8) is 0 Å². The van der Waals surface area contributed by atoms with Crippen LogP contribution in [0.3, 0.4) is 0 Å². The number of carbonyl (C=O) groups is 1. The van der Waals surface area contributed by atoms with E-state index >= 15 is 0 Å². The van der Waals surface area contributed by atoms with Crippen molar-refractivity contribution in [1.82, 2.24) is 10.2 Å². The number of nitrogens with one attached hydrogen (secondary N) is 1. The van der Waals surface area contributed by atoms with Gasteiger partial charge in [-0.2, -0.15) is 0 Å². The summed E-state index contributed by atoms with van der Waals surface area (Å²) in [6.45, 7) is 1.25. The van der Waals surface area contributed by atoms with Crippen LogP contribution in [-0.4, -0.2) is 49.7 Å². The van der Waals surface area contributed by atoms with E-state index in [0.717, 1.165) is 5.56 Å². The summed E-state index contributed by atoms with van der Waals surface area (Å²) in [4.78, 5) is 14.4. The smallest absolute Gasteiger partial charge is 0.253 e. The fraction of sp³-hybridized carbons (Fsp3) is 0.250. The van der Waals surface area contributed by atoms with E-state index in [-0.39, 0.29) is 30.5 Å². The molecular formula is C28H27FN2O2. The normalized spacial score (nSPS) is 19.4. The molecule has 1 aliphatic heterocycles. The molecule has 0 unspecified atom stereocenters. The third kappa shape index (κ3) is 5.31. The molecule has 3 atom stereocenters. The maximum atomic E-state index is 13.6. The molecule has 0 saturated carbocycles. The number of likely N-dealkylation sites (N-methyl/N-ethyl adjacent to an activating group) is 1. The molecule has 0 spiro atoms. The second-order valence-corrected chi connectivity index (χ2v) is 8.31. The largest absolute Gasteiger partial charge is 0.367 e. The van der Waals surface area contributed by atoms with Gasteiger partial charge in [0.1, 0.15) is 12.4 Å². The molecular weight excluding hydrogens is 415 g/mol. The number of halogens is 1. The van der Waals surface area contributed by atoms with E-state index in [1.807, 2.05) is 18.2 Å². The van der Waals surface area contributed by atoms with E-state index in [1.54, 1.807) is 24.1 Å². The Morgan fingerprint density at radius 3 is 2.45 bits per heavy atom. The zero-order chi connectivity index (χ0) is 23.2. The molecule has 1 amide bonds. The second-order valence-electron chi connectivity index (χ2n) is 8.31. The lowest BCUT2D eigenvalue weighted by atomic mass is 9.77. The van der Waals surface area contributed by atoms with Crippen molar-refractivity contribution < 1.29 is 13.9 Å². The number of benzene rings is 3. The lowest BCUT2D eigenvalue weighted by Crippen LogP contribution is -2.65. The van der Waals surface area contributed by atoms with Gasteiger partial charge in [0.05, 0.1) is 6.61 Å². The van der Waals surface area contributed by atoms with Crippen LogP contribution in [0.1, 0.15) is 21.8 Å². The van der Waals surface area contributed by atoms with Gasteiger partial charge in [0.2, 0.25) is 0 Å². The number of nitrogens with zero attached hydrogens (tertiary/aromatic N) is 1. The van der Waals surface area contributed by atoms with Gasteiger partial charge in [-0.15, -0.1) is 6.42 Å². The Kier molecular flexibility index (Phi) is 7.19. The highest BCUT2D eigenvalue weighted by atomic mass is 19.1. The van der Waals surface area contributed by atoms with E-state index in [2.05, 4.69) is 47.6 Å². The number of ether oxygens (including phenoxy) is 1. The predicted molar refractivity (Wildman–Crippen MR) is 128 cm³/mol. The molecule has 1 saturated heterocycles. The zero-order valence-corrected chi connectivity index (χ0v) is 18.6. The Balaban J connectivity index is 1.49. The highest BCUT2D eigenvalue weighted by Gasteiger charge is 2.42. The predicted octanol–water partition coefficient (Wildman–Crippen LogP) is 4.34. The molecule has 0 radical (unpaired) electrons.